The van der Waals surface area contributed by atoms with Gasteiger partial charge in [0.05, 0.1) is 0 Å². The Balaban J connectivity index is 1.73. The lowest BCUT2D eigenvalue weighted by Crippen LogP contribution is -2.49. The summed E-state index contributed by atoms with van der Waals surface area (Å²) >= 11 is 0. The van der Waals surface area contributed by atoms with Crippen LogP contribution in [0.5, 0.6) is 0 Å². The zero-order valence-electron chi connectivity index (χ0n) is 14.0. The molecule has 1 saturated heterocycles. The molecule has 0 aromatic carbocycles. The van der Waals surface area contributed by atoms with Crippen LogP contribution in [0.25, 0.3) is 0 Å². The Bertz CT molecular complexity index is 392. The van der Waals surface area contributed by atoms with E-state index in [0.29, 0.717) is 0 Å². The van der Waals surface area contributed by atoms with Gasteiger partial charge in [-0.15, -0.1) is 0 Å². The first-order valence-corrected chi connectivity index (χ1v) is 8.34. The van der Waals surface area contributed by atoms with Gasteiger partial charge in [-0.3, -0.25) is 4.79 Å². The average molecular weight is 311 g/mol. The zero-order chi connectivity index (χ0) is 16.2. The Morgan fingerprint density at radius 2 is 1.68 bits per heavy atom. The van der Waals surface area contributed by atoms with E-state index in [2.05, 4.69) is 10.6 Å². The standard InChI is InChI=1S/C16H29N3O3/c1-16(2,3)22-15(21)18-13-6-4-12(5-7-13)14(20)19-10-8-17-9-11-19/h12-13,17H,4-11H2,1-3H3,(H,18,21)/t12-,13-. The smallest absolute Gasteiger partial charge is 0.407 e. The topological polar surface area (TPSA) is 70.7 Å². The Morgan fingerprint density at radius 1 is 1.09 bits per heavy atom. The van der Waals surface area contributed by atoms with Crippen LogP contribution in [-0.2, 0) is 9.53 Å². The van der Waals surface area contributed by atoms with Crippen molar-refractivity contribution in [2.24, 2.45) is 5.92 Å². The molecule has 2 amide bonds. The molecule has 1 aliphatic carbocycles. The molecule has 0 aromatic heterocycles. The molecule has 2 aliphatic rings. The van der Waals surface area contributed by atoms with E-state index in [9.17, 15) is 9.59 Å². The van der Waals surface area contributed by atoms with Crippen LogP contribution in [0.3, 0.4) is 0 Å². The van der Waals surface area contributed by atoms with E-state index >= 15 is 0 Å². The van der Waals surface area contributed by atoms with Gasteiger partial charge in [0.2, 0.25) is 5.91 Å². The predicted molar refractivity (Wildman–Crippen MR) is 84.6 cm³/mol. The van der Waals surface area contributed by atoms with Gasteiger partial charge in [0, 0.05) is 38.1 Å². The first-order chi connectivity index (χ1) is 10.3. The van der Waals surface area contributed by atoms with Crippen molar-refractivity contribution in [3.05, 3.63) is 0 Å². The Kier molecular flexibility index (Phi) is 5.67. The molecule has 6 nitrogen and oxygen atoms in total. The minimum Gasteiger partial charge on any atom is -0.444 e. The first-order valence-electron chi connectivity index (χ1n) is 8.34. The van der Waals surface area contributed by atoms with E-state index < -0.39 is 5.60 Å². The van der Waals surface area contributed by atoms with Crippen molar-refractivity contribution in [2.45, 2.75) is 58.1 Å². The van der Waals surface area contributed by atoms with Crippen LogP contribution < -0.4 is 10.6 Å². The maximum Gasteiger partial charge on any atom is 0.407 e. The highest BCUT2D eigenvalue weighted by Crippen LogP contribution is 2.26. The van der Waals surface area contributed by atoms with Crippen LogP contribution in [0.1, 0.15) is 46.5 Å². The number of amides is 2. The number of nitrogens with one attached hydrogen (secondary N) is 2. The third-order valence-corrected chi connectivity index (χ3v) is 4.23. The number of alkyl carbamates (subject to hydrolysis) is 1. The van der Waals surface area contributed by atoms with Gasteiger partial charge in [0.25, 0.3) is 0 Å². The third-order valence-electron chi connectivity index (χ3n) is 4.23. The molecule has 6 heteroatoms. The van der Waals surface area contributed by atoms with E-state index in [1.165, 1.54) is 0 Å². The molecule has 2 rings (SSSR count). The van der Waals surface area contributed by atoms with Gasteiger partial charge in [-0.05, 0) is 46.5 Å². The molecule has 0 spiro atoms. The summed E-state index contributed by atoms with van der Waals surface area (Å²) in [7, 11) is 0. The number of carbonyl (C=O) groups is 2. The van der Waals surface area contributed by atoms with Gasteiger partial charge in [0.15, 0.2) is 0 Å². The number of carbonyl (C=O) groups excluding carboxylic acids is 2. The predicted octanol–water partition coefficient (Wildman–Crippen LogP) is 1.50. The maximum absolute atomic E-state index is 12.5. The van der Waals surface area contributed by atoms with Crippen molar-refractivity contribution >= 4 is 12.0 Å². The summed E-state index contributed by atoms with van der Waals surface area (Å²) in [5, 5.41) is 6.18. The van der Waals surface area contributed by atoms with Crippen molar-refractivity contribution in [1.82, 2.24) is 15.5 Å². The van der Waals surface area contributed by atoms with Gasteiger partial charge >= 0.3 is 6.09 Å². The summed E-state index contributed by atoms with van der Waals surface area (Å²) < 4.78 is 5.28. The van der Waals surface area contributed by atoms with E-state index in [4.69, 9.17) is 4.74 Å². The van der Waals surface area contributed by atoms with Gasteiger partial charge < -0.3 is 20.3 Å². The molecule has 1 aliphatic heterocycles. The lowest BCUT2D eigenvalue weighted by molar-refractivity contribution is -0.137. The molecule has 0 atom stereocenters. The highest BCUT2D eigenvalue weighted by atomic mass is 16.6. The monoisotopic (exact) mass is 311 g/mol. The lowest BCUT2D eigenvalue weighted by Gasteiger charge is -2.34. The molecule has 0 aromatic rings. The normalized spacial score (nSPS) is 26.4. The van der Waals surface area contributed by atoms with Crippen molar-refractivity contribution in [3.63, 3.8) is 0 Å². The summed E-state index contributed by atoms with van der Waals surface area (Å²) in [4.78, 5) is 26.2. The molecule has 1 heterocycles. The van der Waals surface area contributed by atoms with E-state index in [1.54, 1.807) is 0 Å². The van der Waals surface area contributed by atoms with Gasteiger partial charge in [-0.2, -0.15) is 0 Å². The number of piperazine rings is 1. The third kappa shape index (κ3) is 5.16. The lowest BCUT2D eigenvalue weighted by atomic mass is 9.85. The number of hydrogen-bond donors (Lipinski definition) is 2. The molecule has 0 unspecified atom stereocenters. The summed E-state index contributed by atoms with van der Waals surface area (Å²) in [5.74, 6) is 0.409. The molecular weight excluding hydrogens is 282 g/mol. The van der Waals surface area contributed by atoms with Crippen molar-refractivity contribution < 1.29 is 14.3 Å². The van der Waals surface area contributed by atoms with E-state index in [0.717, 1.165) is 51.9 Å². The van der Waals surface area contributed by atoms with Crippen molar-refractivity contribution in [3.8, 4) is 0 Å². The van der Waals surface area contributed by atoms with Crippen LogP contribution >= 0.6 is 0 Å². The second-order valence-electron chi connectivity index (χ2n) is 7.27. The zero-order valence-corrected chi connectivity index (χ0v) is 14.0. The highest BCUT2D eigenvalue weighted by molar-refractivity contribution is 5.79. The van der Waals surface area contributed by atoms with Gasteiger partial charge in [-0.25, -0.2) is 4.79 Å². The second kappa shape index (κ2) is 7.31. The fraction of sp³-hybridized carbons (Fsp3) is 0.875. The Morgan fingerprint density at radius 3 is 2.23 bits per heavy atom. The highest BCUT2D eigenvalue weighted by Gasteiger charge is 2.31. The number of nitrogens with zero attached hydrogens (tertiary/aromatic N) is 1. The van der Waals surface area contributed by atoms with Crippen LogP contribution in [0, 0.1) is 5.92 Å². The quantitative estimate of drug-likeness (QED) is 0.811. The fourth-order valence-electron chi connectivity index (χ4n) is 3.10. The summed E-state index contributed by atoms with van der Waals surface area (Å²) in [5.41, 5.74) is -0.473. The number of hydrogen-bond acceptors (Lipinski definition) is 4. The van der Waals surface area contributed by atoms with Crippen LogP contribution in [0.4, 0.5) is 4.79 Å². The molecule has 0 bridgehead atoms. The van der Waals surface area contributed by atoms with Crippen LogP contribution in [0.15, 0.2) is 0 Å². The van der Waals surface area contributed by atoms with Crippen LogP contribution in [-0.4, -0.2) is 54.7 Å². The first kappa shape index (κ1) is 17.1. The molecule has 2 N–H and O–H groups in total. The average Bonchev–Trinajstić information content (AvgIpc) is 2.46. The molecular formula is C16H29N3O3. The SMILES string of the molecule is CC(C)(C)OC(=O)N[C@H]1CC[C@H](C(=O)N2CCNCC2)CC1. The summed E-state index contributed by atoms with van der Waals surface area (Å²) in [6.45, 7) is 8.98. The molecule has 126 valence electrons. The number of rotatable bonds is 2. The fourth-order valence-corrected chi connectivity index (χ4v) is 3.10. The second-order valence-corrected chi connectivity index (χ2v) is 7.27. The Labute approximate surface area is 132 Å². The molecule has 2 fully saturated rings. The maximum atomic E-state index is 12.5. The number of ether oxygens (including phenoxy) is 1. The summed E-state index contributed by atoms with van der Waals surface area (Å²) in [6, 6.07) is 0.127. The van der Waals surface area contributed by atoms with Gasteiger partial charge in [0.1, 0.15) is 5.60 Å². The van der Waals surface area contributed by atoms with E-state index in [-0.39, 0.29) is 24.0 Å². The summed E-state index contributed by atoms with van der Waals surface area (Å²) in [6.07, 6.45) is 3.04. The minimum absolute atomic E-state index is 0.120. The molecule has 1 saturated carbocycles. The largest absolute Gasteiger partial charge is 0.444 e. The van der Waals surface area contributed by atoms with Crippen molar-refractivity contribution in [2.75, 3.05) is 26.2 Å². The van der Waals surface area contributed by atoms with E-state index in [1.807, 2.05) is 25.7 Å². The minimum atomic E-state index is -0.473. The van der Waals surface area contributed by atoms with Crippen molar-refractivity contribution in [1.29, 1.82) is 0 Å². The van der Waals surface area contributed by atoms with Gasteiger partial charge in [-0.1, -0.05) is 0 Å². The molecule has 22 heavy (non-hydrogen) atoms. The molecule has 0 radical (unpaired) electrons. The Hall–Kier alpha value is -1.30. The van der Waals surface area contributed by atoms with Crippen LogP contribution in [0.2, 0.25) is 0 Å².